The molecule has 0 saturated carbocycles. The zero-order chi connectivity index (χ0) is 28.2. The van der Waals surface area contributed by atoms with Crippen molar-refractivity contribution in [2.24, 2.45) is 11.8 Å². The quantitative estimate of drug-likeness (QED) is 0.530. The summed E-state index contributed by atoms with van der Waals surface area (Å²) < 4.78 is 40.0. The molecule has 0 spiro atoms. The van der Waals surface area contributed by atoms with Crippen LogP contribution in [-0.2, 0) is 10.0 Å². The molecular formula is C27H38N4O6S. The summed E-state index contributed by atoms with van der Waals surface area (Å²) in [6.07, 6.45) is 0.167. The second kappa shape index (κ2) is 12.2. The number of urea groups is 1. The Morgan fingerprint density at radius 1 is 1.32 bits per heavy atom. The Morgan fingerprint density at radius 3 is 2.63 bits per heavy atom. The maximum absolute atomic E-state index is 13.6. The molecule has 0 bridgehead atoms. The molecule has 11 heteroatoms. The number of hydrogen-bond acceptors (Lipinski definition) is 7. The Morgan fingerprint density at radius 2 is 2.03 bits per heavy atom. The van der Waals surface area contributed by atoms with Crippen LogP contribution in [0.2, 0.25) is 0 Å². The van der Waals surface area contributed by atoms with Gasteiger partial charge in [-0.15, -0.1) is 0 Å². The normalized spacial score (nSPS) is 19.8. The molecule has 10 nitrogen and oxygen atoms in total. The molecule has 1 aliphatic heterocycles. The van der Waals surface area contributed by atoms with Crippen molar-refractivity contribution in [3.8, 4) is 17.6 Å². The molecule has 1 aliphatic rings. The van der Waals surface area contributed by atoms with Crippen LogP contribution in [0.4, 0.5) is 10.5 Å². The number of anilines is 1. The predicted molar refractivity (Wildman–Crippen MR) is 144 cm³/mol. The summed E-state index contributed by atoms with van der Waals surface area (Å²) in [6.45, 7) is 11.1. The average Bonchev–Trinajstić information content (AvgIpc) is 3.17. The number of benzene rings is 1. The third kappa shape index (κ3) is 6.67. The standard InChI is InChI=1S/C27H38N4O6S/c1-17(2)9-8-10-22-11-12-25-23(13-22)36-24(18(3)14-31(19(4)16-32)38(25,34)35)15-30(7)27(33)28-26-20(5)29-37-21(26)6/h11-13,17-19,24,32H,9,14-16H2,1-7H3,(H,28,33)/t18-,19+,24-/m1/s1. The molecule has 0 saturated heterocycles. The topological polar surface area (TPSA) is 125 Å². The number of nitrogens with zero attached hydrogens (tertiary/aromatic N) is 3. The molecule has 3 atom stereocenters. The lowest BCUT2D eigenvalue weighted by Crippen LogP contribution is -2.50. The number of carbonyl (C=O) groups excluding carboxylic acids is 1. The zero-order valence-corrected chi connectivity index (χ0v) is 23.9. The highest BCUT2D eigenvalue weighted by molar-refractivity contribution is 7.89. The van der Waals surface area contributed by atoms with Gasteiger partial charge in [0, 0.05) is 37.5 Å². The van der Waals surface area contributed by atoms with Gasteiger partial charge in [0.25, 0.3) is 0 Å². The van der Waals surface area contributed by atoms with Crippen molar-refractivity contribution in [1.29, 1.82) is 0 Å². The second-order valence-electron chi connectivity index (χ2n) is 10.3. The van der Waals surface area contributed by atoms with Crippen molar-refractivity contribution in [2.75, 3.05) is 32.1 Å². The number of ether oxygens (including phenoxy) is 1. The van der Waals surface area contributed by atoms with Gasteiger partial charge in [0.05, 0.1) is 13.2 Å². The van der Waals surface area contributed by atoms with Gasteiger partial charge in [-0.2, -0.15) is 4.31 Å². The van der Waals surface area contributed by atoms with E-state index in [1.165, 1.54) is 15.3 Å². The Bertz CT molecular complexity index is 1290. The van der Waals surface area contributed by atoms with Gasteiger partial charge in [0.1, 0.15) is 28.1 Å². The largest absolute Gasteiger partial charge is 0.487 e. The molecular weight excluding hydrogens is 508 g/mol. The van der Waals surface area contributed by atoms with Crippen LogP contribution in [-0.4, -0.2) is 72.8 Å². The number of aliphatic hydroxyl groups excluding tert-OH is 1. The summed E-state index contributed by atoms with van der Waals surface area (Å²) in [5.41, 5.74) is 1.72. The van der Waals surface area contributed by atoms with Gasteiger partial charge in [0.2, 0.25) is 10.0 Å². The summed E-state index contributed by atoms with van der Waals surface area (Å²) in [4.78, 5) is 14.5. The lowest BCUT2D eigenvalue weighted by atomic mass is 10.0. The highest BCUT2D eigenvalue weighted by atomic mass is 32.2. The van der Waals surface area contributed by atoms with E-state index in [1.54, 1.807) is 40.0 Å². The molecule has 208 valence electrons. The highest BCUT2D eigenvalue weighted by Crippen LogP contribution is 2.34. The van der Waals surface area contributed by atoms with Gasteiger partial charge in [-0.3, -0.25) is 0 Å². The maximum atomic E-state index is 13.6. The number of hydrogen-bond donors (Lipinski definition) is 2. The van der Waals surface area contributed by atoms with E-state index in [0.717, 1.165) is 0 Å². The Balaban J connectivity index is 1.96. The van der Waals surface area contributed by atoms with E-state index >= 15 is 0 Å². The van der Waals surface area contributed by atoms with Crippen LogP contribution in [0.25, 0.3) is 0 Å². The third-order valence-electron chi connectivity index (χ3n) is 6.48. The SMILES string of the molecule is Cc1noc(C)c1NC(=O)N(C)C[C@H]1Oc2cc(C#CCC(C)C)ccc2S(=O)(=O)N([C@@H](C)CO)C[C@H]1C. The summed E-state index contributed by atoms with van der Waals surface area (Å²) in [5.74, 6) is 6.98. The molecule has 3 rings (SSSR count). The number of aryl methyl sites for hydroxylation is 2. The molecule has 2 aromatic rings. The minimum Gasteiger partial charge on any atom is -0.487 e. The van der Waals surface area contributed by atoms with Crippen LogP contribution in [0.3, 0.4) is 0 Å². The highest BCUT2D eigenvalue weighted by Gasteiger charge is 2.38. The first-order valence-corrected chi connectivity index (χ1v) is 14.2. The number of likely N-dealkylation sites (N-methyl/N-ethyl adjacent to an activating group) is 1. The van der Waals surface area contributed by atoms with Crippen molar-refractivity contribution in [3.05, 3.63) is 35.2 Å². The van der Waals surface area contributed by atoms with Crippen molar-refractivity contribution < 1.29 is 27.6 Å². The van der Waals surface area contributed by atoms with Gasteiger partial charge in [-0.05, 0) is 44.9 Å². The fourth-order valence-corrected chi connectivity index (χ4v) is 5.92. The number of fused-ring (bicyclic) bond motifs is 1. The van der Waals surface area contributed by atoms with E-state index < -0.39 is 22.2 Å². The first-order valence-electron chi connectivity index (χ1n) is 12.7. The number of aliphatic hydroxyl groups is 1. The number of sulfonamides is 1. The minimum absolute atomic E-state index is 0.00642. The van der Waals surface area contributed by atoms with Crippen LogP contribution in [0, 0.1) is 37.5 Å². The van der Waals surface area contributed by atoms with E-state index in [2.05, 4.69) is 36.2 Å². The molecule has 1 aromatic heterocycles. The monoisotopic (exact) mass is 546 g/mol. The molecule has 38 heavy (non-hydrogen) atoms. The molecule has 2 amide bonds. The van der Waals surface area contributed by atoms with Crippen molar-refractivity contribution in [3.63, 3.8) is 0 Å². The number of aromatic nitrogens is 1. The predicted octanol–water partition coefficient (Wildman–Crippen LogP) is 3.62. The minimum atomic E-state index is -3.96. The number of carbonyl (C=O) groups is 1. The smallest absolute Gasteiger partial charge is 0.321 e. The molecule has 2 N–H and O–H groups in total. The summed E-state index contributed by atoms with van der Waals surface area (Å²) in [7, 11) is -2.32. The Kier molecular flexibility index (Phi) is 9.46. The van der Waals surface area contributed by atoms with E-state index in [-0.39, 0.29) is 42.3 Å². The zero-order valence-electron chi connectivity index (χ0n) is 23.1. The summed E-state index contributed by atoms with van der Waals surface area (Å²) in [5, 5.41) is 16.5. The van der Waals surface area contributed by atoms with E-state index in [4.69, 9.17) is 9.26 Å². The summed E-state index contributed by atoms with van der Waals surface area (Å²) >= 11 is 0. The average molecular weight is 547 g/mol. The number of amides is 2. The second-order valence-corrected chi connectivity index (χ2v) is 12.2. The molecule has 0 fully saturated rings. The van der Waals surface area contributed by atoms with Crippen LogP contribution >= 0.6 is 0 Å². The van der Waals surface area contributed by atoms with E-state index in [9.17, 15) is 18.3 Å². The fourth-order valence-electron chi connectivity index (χ4n) is 4.10. The molecule has 2 heterocycles. The van der Waals surface area contributed by atoms with Gasteiger partial charge >= 0.3 is 6.03 Å². The number of rotatable bonds is 6. The van der Waals surface area contributed by atoms with Crippen LogP contribution in [0.5, 0.6) is 5.75 Å². The fraction of sp³-hybridized carbons (Fsp3) is 0.556. The maximum Gasteiger partial charge on any atom is 0.321 e. The first-order chi connectivity index (χ1) is 17.8. The van der Waals surface area contributed by atoms with Crippen LogP contribution in [0.15, 0.2) is 27.6 Å². The Hall–Kier alpha value is -3.07. The van der Waals surface area contributed by atoms with Gasteiger partial charge in [-0.1, -0.05) is 37.8 Å². The molecule has 0 unspecified atom stereocenters. The van der Waals surface area contributed by atoms with Gasteiger partial charge in [-0.25, -0.2) is 13.2 Å². The molecule has 0 aliphatic carbocycles. The lowest BCUT2D eigenvalue weighted by molar-refractivity contribution is 0.0830. The van der Waals surface area contributed by atoms with E-state index in [0.29, 0.717) is 35.0 Å². The summed E-state index contributed by atoms with van der Waals surface area (Å²) in [6, 6.07) is 3.79. The van der Waals surface area contributed by atoms with Crippen molar-refractivity contribution in [1.82, 2.24) is 14.4 Å². The van der Waals surface area contributed by atoms with E-state index in [1.807, 2.05) is 6.92 Å². The molecule has 0 radical (unpaired) electrons. The lowest BCUT2D eigenvalue weighted by Gasteiger charge is -2.37. The van der Waals surface area contributed by atoms with Crippen LogP contribution in [0.1, 0.15) is 51.1 Å². The Labute approximate surface area is 225 Å². The number of nitrogens with one attached hydrogen (secondary N) is 1. The third-order valence-corrected chi connectivity index (χ3v) is 8.50. The van der Waals surface area contributed by atoms with Gasteiger partial charge in [0.15, 0.2) is 5.76 Å². The molecule has 1 aromatic carbocycles. The van der Waals surface area contributed by atoms with Gasteiger partial charge < -0.3 is 24.6 Å². The first kappa shape index (κ1) is 29.5. The van der Waals surface area contributed by atoms with Crippen molar-refractivity contribution in [2.45, 2.75) is 65.0 Å². The van der Waals surface area contributed by atoms with Crippen LogP contribution < -0.4 is 10.1 Å². The van der Waals surface area contributed by atoms with Crippen molar-refractivity contribution >= 4 is 21.7 Å².